The molecule has 124 valence electrons. The summed E-state index contributed by atoms with van der Waals surface area (Å²) in [4.78, 5) is 18.4. The summed E-state index contributed by atoms with van der Waals surface area (Å²) in [6.45, 7) is 7.65. The summed E-state index contributed by atoms with van der Waals surface area (Å²) in [6.07, 6.45) is 4.51. The molecule has 1 fully saturated rings. The van der Waals surface area contributed by atoms with Crippen molar-refractivity contribution in [1.82, 2.24) is 15.2 Å². The van der Waals surface area contributed by atoms with Crippen LogP contribution in [0.2, 0.25) is 0 Å². The number of halogens is 1. The molecule has 1 aromatic heterocycles. The van der Waals surface area contributed by atoms with Crippen molar-refractivity contribution in [3.63, 3.8) is 0 Å². The fourth-order valence-corrected chi connectivity index (χ4v) is 2.72. The average Bonchev–Trinajstić information content (AvgIpc) is 2.53. The summed E-state index contributed by atoms with van der Waals surface area (Å²) in [5, 5.41) is 3.43. The first-order valence-electron chi connectivity index (χ1n) is 7.48. The molecular formula is C16H26ClN3O2. The van der Waals surface area contributed by atoms with Crippen LogP contribution in [0.4, 0.5) is 0 Å². The molecule has 0 aliphatic carbocycles. The van der Waals surface area contributed by atoms with Crippen LogP contribution < -0.4 is 5.32 Å². The number of piperazine rings is 1. The summed E-state index contributed by atoms with van der Waals surface area (Å²) < 4.78 is 4.89. The zero-order valence-corrected chi connectivity index (χ0v) is 14.4. The van der Waals surface area contributed by atoms with Crippen LogP contribution in [0.3, 0.4) is 0 Å². The number of carbonyl (C=O) groups is 1. The van der Waals surface area contributed by atoms with Crippen molar-refractivity contribution in [2.24, 2.45) is 5.41 Å². The Balaban J connectivity index is 0.00000242. The van der Waals surface area contributed by atoms with Crippen molar-refractivity contribution in [3.05, 3.63) is 30.1 Å². The smallest absolute Gasteiger partial charge is 0.311 e. The van der Waals surface area contributed by atoms with Crippen LogP contribution in [0.1, 0.15) is 31.9 Å². The van der Waals surface area contributed by atoms with E-state index in [1.807, 2.05) is 26.1 Å². The Morgan fingerprint density at radius 3 is 2.95 bits per heavy atom. The van der Waals surface area contributed by atoms with Gasteiger partial charge in [0.2, 0.25) is 0 Å². The van der Waals surface area contributed by atoms with Gasteiger partial charge < -0.3 is 10.1 Å². The normalized spacial score (nSPS) is 19.3. The van der Waals surface area contributed by atoms with E-state index in [-0.39, 0.29) is 18.4 Å². The number of ether oxygens (including phenoxy) is 1. The van der Waals surface area contributed by atoms with Gasteiger partial charge in [0.15, 0.2) is 0 Å². The minimum Gasteiger partial charge on any atom is -0.469 e. The van der Waals surface area contributed by atoms with Crippen LogP contribution in [-0.2, 0) is 9.53 Å². The molecule has 0 radical (unpaired) electrons. The summed E-state index contributed by atoms with van der Waals surface area (Å²) in [5.41, 5.74) is 0.777. The molecule has 1 aliphatic heterocycles. The minimum absolute atomic E-state index is 0. The number of pyridine rings is 1. The van der Waals surface area contributed by atoms with Gasteiger partial charge in [0.1, 0.15) is 0 Å². The first-order valence-corrected chi connectivity index (χ1v) is 7.48. The highest BCUT2D eigenvalue weighted by Gasteiger charge is 2.31. The van der Waals surface area contributed by atoms with Crippen molar-refractivity contribution in [2.75, 3.05) is 33.3 Å². The quantitative estimate of drug-likeness (QED) is 0.839. The van der Waals surface area contributed by atoms with Gasteiger partial charge in [0, 0.05) is 38.1 Å². The van der Waals surface area contributed by atoms with Crippen LogP contribution >= 0.6 is 12.4 Å². The molecular weight excluding hydrogens is 302 g/mol. The fourth-order valence-electron chi connectivity index (χ4n) is 2.72. The molecule has 0 aromatic carbocycles. The molecule has 0 spiro atoms. The predicted octanol–water partition coefficient (Wildman–Crippen LogP) is 2.04. The molecule has 0 saturated carbocycles. The Kier molecular flexibility index (Phi) is 7.26. The van der Waals surface area contributed by atoms with E-state index in [1.165, 1.54) is 12.7 Å². The molecule has 0 bridgehead atoms. The number of methoxy groups -OCH3 is 1. The third-order valence-corrected chi connectivity index (χ3v) is 4.19. The molecule has 6 heteroatoms. The van der Waals surface area contributed by atoms with Crippen LogP contribution in [-0.4, -0.2) is 49.1 Å². The van der Waals surface area contributed by atoms with E-state index in [9.17, 15) is 4.79 Å². The third-order valence-electron chi connectivity index (χ3n) is 4.19. The Hall–Kier alpha value is -1.17. The van der Waals surface area contributed by atoms with E-state index in [1.54, 1.807) is 6.20 Å². The Morgan fingerprint density at radius 2 is 2.32 bits per heavy atom. The largest absolute Gasteiger partial charge is 0.469 e. The zero-order valence-electron chi connectivity index (χ0n) is 13.5. The van der Waals surface area contributed by atoms with Gasteiger partial charge in [-0.3, -0.25) is 14.7 Å². The maximum atomic E-state index is 11.8. The lowest BCUT2D eigenvalue weighted by Gasteiger charge is -2.37. The molecule has 1 saturated heterocycles. The molecule has 1 atom stereocenters. The second-order valence-electron chi connectivity index (χ2n) is 6.17. The van der Waals surface area contributed by atoms with E-state index in [0.29, 0.717) is 6.04 Å². The predicted molar refractivity (Wildman–Crippen MR) is 89.1 cm³/mol. The van der Waals surface area contributed by atoms with Crippen LogP contribution in [0.25, 0.3) is 0 Å². The maximum absolute atomic E-state index is 11.8. The molecule has 1 N–H and O–H groups in total. The molecule has 2 heterocycles. The number of aromatic nitrogens is 1. The number of esters is 1. The SMILES string of the molecule is COC(=O)C(C)(C)CCN1CCNCC1c1cccnc1.Cl. The van der Waals surface area contributed by atoms with Crippen molar-refractivity contribution >= 4 is 18.4 Å². The number of nitrogens with one attached hydrogen (secondary N) is 1. The van der Waals surface area contributed by atoms with Gasteiger partial charge in [0.05, 0.1) is 12.5 Å². The van der Waals surface area contributed by atoms with Gasteiger partial charge in [-0.15, -0.1) is 12.4 Å². The molecule has 5 nitrogen and oxygen atoms in total. The van der Waals surface area contributed by atoms with Crippen LogP contribution in [0, 0.1) is 5.41 Å². The van der Waals surface area contributed by atoms with Crippen molar-refractivity contribution in [1.29, 1.82) is 0 Å². The number of rotatable bonds is 5. The van der Waals surface area contributed by atoms with Gasteiger partial charge in [-0.1, -0.05) is 6.07 Å². The number of nitrogens with zero attached hydrogens (tertiary/aromatic N) is 2. The summed E-state index contributed by atoms with van der Waals surface area (Å²) in [7, 11) is 1.45. The molecule has 1 aromatic rings. The van der Waals surface area contributed by atoms with E-state index < -0.39 is 5.41 Å². The second kappa shape index (κ2) is 8.46. The highest BCUT2D eigenvalue weighted by molar-refractivity contribution is 5.85. The monoisotopic (exact) mass is 327 g/mol. The van der Waals surface area contributed by atoms with E-state index >= 15 is 0 Å². The molecule has 1 unspecified atom stereocenters. The lowest BCUT2D eigenvalue weighted by molar-refractivity contribution is -0.151. The lowest BCUT2D eigenvalue weighted by Crippen LogP contribution is -2.47. The maximum Gasteiger partial charge on any atom is 0.311 e. The van der Waals surface area contributed by atoms with Crippen LogP contribution in [0.5, 0.6) is 0 Å². The van der Waals surface area contributed by atoms with Crippen molar-refractivity contribution in [2.45, 2.75) is 26.3 Å². The summed E-state index contributed by atoms with van der Waals surface area (Å²) >= 11 is 0. The van der Waals surface area contributed by atoms with E-state index in [4.69, 9.17) is 4.74 Å². The highest BCUT2D eigenvalue weighted by Crippen LogP contribution is 2.27. The number of hydrogen-bond donors (Lipinski definition) is 1. The van der Waals surface area contributed by atoms with Gasteiger partial charge >= 0.3 is 5.97 Å². The Labute approximate surface area is 138 Å². The van der Waals surface area contributed by atoms with Gasteiger partial charge in [-0.05, 0) is 38.4 Å². The second-order valence-corrected chi connectivity index (χ2v) is 6.17. The molecule has 1 aliphatic rings. The van der Waals surface area contributed by atoms with Gasteiger partial charge in [-0.2, -0.15) is 0 Å². The standard InChI is InChI=1S/C16H25N3O2.ClH/c1-16(2,15(20)21-3)6-9-19-10-8-18-12-14(19)13-5-4-7-17-11-13;/h4-5,7,11,14,18H,6,8-10,12H2,1-3H3;1H. The molecule has 22 heavy (non-hydrogen) atoms. The van der Waals surface area contributed by atoms with E-state index in [0.717, 1.165) is 32.6 Å². The zero-order chi connectivity index (χ0) is 15.3. The Bertz CT molecular complexity index is 468. The molecule has 0 amide bonds. The first kappa shape index (κ1) is 18.9. The molecule has 2 rings (SSSR count). The summed E-state index contributed by atoms with van der Waals surface area (Å²) in [6, 6.07) is 4.41. The van der Waals surface area contributed by atoms with Crippen molar-refractivity contribution in [3.8, 4) is 0 Å². The number of carbonyl (C=O) groups excluding carboxylic acids is 1. The van der Waals surface area contributed by atoms with Crippen LogP contribution in [0.15, 0.2) is 24.5 Å². The third kappa shape index (κ3) is 4.66. The van der Waals surface area contributed by atoms with E-state index in [2.05, 4.69) is 21.3 Å². The minimum atomic E-state index is -0.445. The average molecular weight is 328 g/mol. The van der Waals surface area contributed by atoms with Crippen molar-refractivity contribution < 1.29 is 9.53 Å². The highest BCUT2D eigenvalue weighted by atomic mass is 35.5. The summed E-state index contributed by atoms with van der Waals surface area (Å²) in [5.74, 6) is -0.143. The topological polar surface area (TPSA) is 54.5 Å². The number of hydrogen-bond acceptors (Lipinski definition) is 5. The fraction of sp³-hybridized carbons (Fsp3) is 0.625. The Morgan fingerprint density at radius 1 is 1.55 bits per heavy atom. The van der Waals surface area contributed by atoms with Gasteiger partial charge in [-0.25, -0.2) is 0 Å². The van der Waals surface area contributed by atoms with Gasteiger partial charge in [0.25, 0.3) is 0 Å². The first-order chi connectivity index (χ1) is 10.0. The lowest BCUT2D eigenvalue weighted by atomic mass is 9.88.